The van der Waals surface area contributed by atoms with Gasteiger partial charge in [-0.3, -0.25) is 10.3 Å². The molecule has 0 radical (unpaired) electrons. The van der Waals surface area contributed by atoms with E-state index in [0.29, 0.717) is 0 Å². The molecule has 0 aliphatic carbocycles. The molecule has 88 valence electrons. The Balaban J connectivity index is 2.66. The fourth-order valence-electron chi connectivity index (χ4n) is 1.76. The van der Waals surface area contributed by atoms with Crippen molar-refractivity contribution in [1.29, 1.82) is 5.41 Å². The largest absolute Gasteiger partial charge is 0.386 e. The molecule has 1 aromatic rings. The molecular formula is C12H18ClN3. The van der Waals surface area contributed by atoms with E-state index in [9.17, 15) is 0 Å². The Hall–Kier alpha value is -1.06. The number of nitrogens with zero attached hydrogens (tertiary/aromatic N) is 1. The van der Waals surface area contributed by atoms with Gasteiger partial charge < -0.3 is 5.73 Å². The van der Waals surface area contributed by atoms with Crippen LogP contribution >= 0.6 is 11.6 Å². The zero-order valence-corrected chi connectivity index (χ0v) is 10.5. The smallest absolute Gasteiger partial charge is 0.108 e. The van der Waals surface area contributed by atoms with Crippen molar-refractivity contribution in [2.45, 2.75) is 25.9 Å². The molecule has 3 nitrogen and oxygen atoms in total. The van der Waals surface area contributed by atoms with Crippen LogP contribution in [0.15, 0.2) is 24.3 Å². The number of halogens is 1. The predicted molar refractivity (Wildman–Crippen MR) is 68.9 cm³/mol. The van der Waals surface area contributed by atoms with Crippen LogP contribution in [-0.2, 0) is 6.54 Å². The second-order valence-electron chi connectivity index (χ2n) is 3.92. The lowest BCUT2D eigenvalue weighted by atomic mass is 10.1. The zero-order chi connectivity index (χ0) is 12.1. The molecule has 4 heteroatoms. The van der Waals surface area contributed by atoms with E-state index in [1.807, 2.05) is 38.2 Å². The van der Waals surface area contributed by atoms with Gasteiger partial charge in [0.25, 0.3) is 0 Å². The summed E-state index contributed by atoms with van der Waals surface area (Å²) in [6, 6.07) is 7.74. The van der Waals surface area contributed by atoms with Crippen molar-refractivity contribution < 1.29 is 0 Å². The summed E-state index contributed by atoms with van der Waals surface area (Å²) in [6.45, 7) is 2.81. The summed E-state index contributed by atoms with van der Waals surface area (Å²) < 4.78 is 0. The molecule has 0 saturated carbocycles. The number of rotatable bonds is 5. The third-order valence-electron chi connectivity index (χ3n) is 2.62. The summed E-state index contributed by atoms with van der Waals surface area (Å²) in [7, 11) is 1.98. The minimum Gasteiger partial charge on any atom is -0.386 e. The molecule has 0 aliphatic heterocycles. The number of benzene rings is 1. The molecule has 3 N–H and O–H groups in total. The van der Waals surface area contributed by atoms with Crippen LogP contribution in [0.1, 0.15) is 18.9 Å². The van der Waals surface area contributed by atoms with Crippen LogP contribution in [0.5, 0.6) is 0 Å². The van der Waals surface area contributed by atoms with Crippen LogP contribution in [0.25, 0.3) is 0 Å². The maximum atomic E-state index is 7.50. The van der Waals surface area contributed by atoms with E-state index in [1.165, 1.54) is 5.56 Å². The van der Waals surface area contributed by atoms with Crippen LogP contribution in [0.4, 0.5) is 0 Å². The van der Waals surface area contributed by atoms with Gasteiger partial charge in [-0.1, -0.05) is 30.7 Å². The molecule has 0 spiro atoms. The first-order valence-corrected chi connectivity index (χ1v) is 5.71. The molecule has 1 aromatic carbocycles. The average molecular weight is 240 g/mol. The topological polar surface area (TPSA) is 53.1 Å². The molecule has 0 fully saturated rings. The summed E-state index contributed by atoms with van der Waals surface area (Å²) in [6.07, 6.45) is 0.847. The first-order valence-electron chi connectivity index (χ1n) is 5.33. The molecular weight excluding hydrogens is 222 g/mol. The monoisotopic (exact) mass is 239 g/mol. The van der Waals surface area contributed by atoms with E-state index in [0.717, 1.165) is 18.0 Å². The van der Waals surface area contributed by atoms with Crippen LogP contribution in [0, 0.1) is 5.41 Å². The molecule has 0 amide bonds. The van der Waals surface area contributed by atoms with Gasteiger partial charge in [0.1, 0.15) is 5.84 Å². The van der Waals surface area contributed by atoms with Crippen LogP contribution < -0.4 is 5.73 Å². The van der Waals surface area contributed by atoms with Gasteiger partial charge in [0.2, 0.25) is 0 Å². The molecule has 0 heterocycles. The molecule has 0 bridgehead atoms. The van der Waals surface area contributed by atoms with Gasteiger partial charge >= 0.3 is 0 Å². The third kappa shape index (κ3) is 3.51. The minimum absolute atomic E-state index is 0.00989. The second-order valence-corrected chi connectivity index (χ2v) is 4.36. The van der Waals surface area contributed by atoms with Gasteiger partial charge in [-0.05, 0) is 31.2 Å². The number of amidine groups is 1. The van der Waals surface area contributed by atoms with Crippen molar-refractivity contribution in [3.63, 3.8) is 0 Å². The molecule has 1 atom stereocenters. The number of nitrogens with one attached hydrogen (secondary N) is 1. The van der Waals surface area contributed by atoms with Crippen molar-refractivity contribution in [3.05, 3.63) is 34.9 Å². The van der Waals surface area contributed by atoms with Crippen molar-refractivity contribution >= 4 is 17.4 Å². The zero-order valence-electron chi connectivity index (χ0n) is 9.70. The van der Waals surface area contributed by atoms with Gasteiger partial charge in [0, 0.05) is 11.6 Å². The van der Waals surface area contributed by atoms with Gasteiger partial charge in [-0.2, -0.15) is 0 Å². The lowest BCUT2D eigenvalue weighted by Gasteiger charge is -2.25. The molecule has 1 unspecified atom stereocenters. The van der Waals surface area contributed by atoms with E-state index < -0.39 is 0 Å². The number of nitrogens with two attached hydrogens (primary N) is 1. The van der Waals surface area contributed by atoms with Gasteiger partial charge in [-0.25, -0.2) is 0 Å². The first-order chi connectivity index (χ1) is 7.54. The molecule has 0 aromatic heterocycles. The number of likely N-dealkylation sites (N-methyl/N-ethyl adjacent to an activating group) is 1. The highest BCUT2D eigenvalue weighted by molar-refractivity contribution is 6.30. The Labute approximate surface area is 102 Å². The number of hydrogen-bond donors (Lipinski definition) is 2. The SMILES string of the molecule is CCC(C(=N)N)N(C)Cc1ccc(Cl)cc1. The van der Waals surface area contributed by atoms with E-state index in [2.05, 4.69) is 4.90 Å². The molecule has 1 rings (SSSR count). The maximum absolute atomic E-state index is 7.50. The summed E-state index contributed by atoms with van der Waals surface area (Å²) >= 11 is 5.82. The molecule has 16 heavy (non-hydrogen) atoms. The summed E-state index contributed by atoms with van der Waals surface area (Å²) in [4.78, 5) is 2.07. The fourth-order valence-corrected chi connectivity index (χ4v) is 1.88. The van der Waals surface area contributed by atoms with Gasteiger partial charge in [0.05, 0.1) is 6.04 Å². The maximum Gasteiger partial charge on any atom is 0.108 e. The standard InChI is InChI=1S/C12H18ClN3/c1-3-11(12(14)15)16(2)8-9-4-6-10(13)7-5-9/h4-7,11H,3,8H2,1-2H3,(H3,14,15). The third-order valence-corrected chi connectivity index (χ3v) is 2.87. The van der Waals surface area contributed by atoms with Gasteiger partial charge in [-0.15, -0.1) is 0 Å². The van der Waals surface area contributed by atoms with Crippen LogP contribution in [0.3, 0.4) is 0 Å². The number of hydrogen-bond acceptors (Lipinski definition) is 2. The lowest BCUT2D eigenvalue weighted by molar-refractivity contribution is 0.281. The van der Waals surface area contributed by atoms with E-state index >= 15 is 0 Å². The van der Waals surface area contributed by atoms with Gasteiger partial charge in [0.15, 0.2) is 0 Å². The van der Waals surface area contributed by atoms with Crippen molar-refractivity contribution in [3.8, 4) is 0 Å². The summed E-state index contributed by atoms with van der Waals surface area (Å²) in [5.41, 5.74) is 6.72. The van der Waals surface area contributed by atoms with Crippen molar-refractivity contribution in [1.82, 2.24) is 4.90 Å². The predicted octanol–water partition coefficient (Wildman–Crippen LogP) is 2.49. The second kappa shape index (κ2) is 5.87. The Kier molecular flexibility index (Phi) is 4.77. The van der Waals surface area contributed by atoms with E-state index in [1.54, 1.807) is 0 Å². The Morgan fingerprint density at radius 1 is 1.44 bits per heavy atom. The van der Waals surface area contributed by atoms with E-state index in [-0.39, 0.29) is 11.9 Å². The summed E-state index contributed by atoms with van der Waals surface area (Å²) in [5, 5.41) is 8.24. The Morgan fingerprint density at radius 3 is 2.44 bits per heavy atom. The van der Waals surface area contributed by atoms with Crippen LogP contribution in [0.2, 0.25) is 5.02 Å². The average Bonchev–Trinajstić information content (AvgIpc) is 2.22. The quantitative estimate of drug-likeness (QED) is 0.613. The van der Waals surface area contributed by atoms with Crippen molar-refractivity contribution in [2.75, 3.05) is 7.05 Å². The molecule has 0 aliphatic rings. The lowest BCUT2D eigenvalue weighted by Crippen LogP contribution is -2.41. The summed E-state index contributed by atoms with van der Waals surface area (Å²) in [5.74, 6) is 0.221. The van der Waals surface area contributed by atoms with E-state index in [4.69, 9.17) is 22.7 Å². The first kappa shape index (κ1) is 13.0. The highest BCUT2D eigenvalue weighted by Gasteiger charge is 2.15. The Morgan fingerprint density at radius 2 is 2.00 bits per heavy atom. The Bertz CT molecular complexity index is 348. The normalized spacial score (nSPS) is 12.8. The van der Waals surface area contributed by atoms with Crippen molar-refractivity contribution in [2.24, 2.45) is 5.73 Å². The highest BCUT2D eigenvalue weighted by Crippen LogP contribution is 2.12. The molecule has 0 saturated heterocycles. The van der Waals surface area contributed by atoms with Crippen LogP contribution in [-0.4, -0.2) is 23.8 Å². The fraction of sp³-hybridized carbons (Fsp3) is 0.417. The minimum atomic E-state index is 0.00989. The highest BCUT2D eigenvalue weighted by atomic mass is 35.5.